The maximum Gasteiger partial charge on any atom is 0.328 e. The van der Waals surface area contributed by atoms with Gasteiger partial charge in [0.2, 0.25) is 0 Å². The number of carbonyl (C=O) groups is 1. The first-order valence-corrected chi connectivity index (χ1v) is 11.4. The second kappa shape index (κ2) is 8.39. The lowest BCUT2D eigenvalue weighted by molar-refractivity contribution is -0.131. The number of carboxylic acid groups (broad SMARTS) is 1. The van der Waals surface area contributed by atoms with Crippen LogP contribution in [-0.2, 0) is 27.7 Å². The van der Waals surface area contributed by atoms with Crippen LogP contribution in [0.25, 0.3) is 17.0 Å². The van der Waals surface area contributed by atoms with Crippen LogP contribution in [0, 0.1) is 0 Å². The molecule has 2 aromatic carbocycles. The number of rotatable bonds is 6. The molecule has 0 saturated carbocycles. The number of sulfonamides is 1. The van der Waals surface area contributed by atoms with Crippen LogP contribution in [0.15, 0.2) is 53.4 Å². The lowest BCUT2D eigenvalue weighted by Gasteiger charge is -2.22. The summed E-state index contributed by atoms with van der Waals surface area (Å²) in [5.41, 5.74) is 3.58. The number of nitrogens with zero attached hydrogens (tertiary/aromatic N) is 1. The van der Waals surface area contributed by atoms with E-state index in [1.54, 1.807) is 6.07 Å². The quantitative estimate of drug-likeness (QED) is 0.563. The average molecular weight is 439 g/mol. The minimum absolute atomic E-state index is 0.0620. The standard InChI is InChI=1S/C23H22N2O5S/c1-30-20-12-10-15(11-13-22(26)27)14-21(20)31(28,29)25-23-16-6-2-4-8-18(16)24-19-9-5-3-7-17(19)23/h2,4,6,8,10-14H,3,5,7,9H2,1H3,(H,24,25)(H,26,27). The Kier molecular flexibility index (Phi) is 5.65. The topological polar surface area (TPSA) is 106 Å². The van der Waals surface area contributed by atoms with E-state index >= 15 is 0 Å². The summed E-state index contributed by atoms with van der Waals surface area (Å²) in [5, 5.41) is 9.61. The molecule has 0 aliphatic heterocycles. The van der Waals surface area contributed by atoms with Crippen molar-refractivity contribution in [1.82, 2.24) is 4.98 Å². The molecule has 160 valence electrons. The molecule has 0 radical (unpaired) electrons. The Morgan fingerprint density at radius 1 is 1.16 bits per heavy atom. The summed E-state index contributed by atoms with van der Waals surface area (Å²) < 4.78 is 35.0. The number of aliphatic carboxylic acids is 1. The largest absolute Gasteiger partial charge is 0.495 e. The molecule has 8 heteroatoms. The summed E-state index contributed by atoms with van der Waals surface area (Å²) in [6.45, 7) is 0. The second-order valence-corrected chi connectivity index (χ2v) is 8.97. The summed E-state index contributed by atoms with van der Waals surface area (Å²) >= 11 is 0. The predicted molar refractivity (Wildman–Crippen MR) is 119 cm³/mol. The molecule has 0 fully saturated rings. The van der Waals surface area contributed by atoms with Crippen molar-refractivity contribution in [2.45, 2.75) is 30.6 Å². The van der Waals surface area contributed by atoms with Gasteiger partial charge in [-0.2, -0.15) is 0 Å². The molecule has 1 aliphatic carbocycles. The molecule has 0 atom stereocenters. The van der Waals surface area contributed by atoms with Gasteiger partial charge in [-0.1, -0.05) is 24.3 Å². The van der Waals surface area contributed by atoms with Gasteiger partial charge in [0, 0.05) is 17.2 Å². The van der Waals surface area contributed by atoms with E-state index in [-0.39, 0.29) is 10.6 Å². The van der Waals surface area contributed by atoms with E-state index in [2.05, 4.69) is 4.72 Å². The number of hydrogen-bond donors (Lipinski definition) is 2. The molecule has 7 nitrogen and oxygen atoms in total. The highest BCUT2D eigenvalue weighted by Crippen LogP contribution is 2.36. The number of ether oxygens (including phenoxy) is 1. The van der Waals surface area contributed by atoms with Crippen molar-refractivity contribution in [2.75, 3.05) is 11.8 Å². The second-order valence-electron chi connectivity index (χ2n) is 7.32. The lowest BCUT2D eigenvalue weighted by Crippen LogP contribution is -2.18. The zero-order valence-electron chi connectivity index (χ0n) is 17.0. The number of fused-ring (bicyclic) bond motifs is 2. The van der Waals surface area contributed by atoms with Crippen LogP contribution in [0.1, 0.15) is 29.7 Å². The number of carboxylic acids is 1. The monoisotopic (exact) mass is 438 g/mol. The number of aromatic nitrogens is 1. The molecular formula is C23H22N2O5S. The molecule has 3 aromatic rings. The number of pyridine rings is 1. The van der Waals surface area contributed by atoms with E-state index < -0.39 is 16.0 Å². The molecular weight excluding hydrogens is 416 g/mol. The molecule has 0 saturated heterocycles. The van der Waals surface area contributed by atoms with E-state index in [9.17, 15) is 13.2 Å². The number of para-hydroxylation sites is 1. The van der Waals surface area contributed by atoms with Gasteiger partial charge >= 0.3 is 5.97 Å². The Balaban J connectivity index is 1.84. The van der Waals surface area contributed by atoms with Gasteiger partial charge in [-0.15, -0.1) is 0 Å². The highest BCUT2D eigenvalue weighted by atomic mass is 32.2. The zero-order valence-corrected chi connectivity index (χ0v) is 17.8. The SMILES string of the molecule is COc1ccc(C=CC(=O)O)cc1S(=O)(=O)Nc1c2c(nc3ccccc13)CCCC2. The Hall–Kier alpha value is -3.39. The summed E-state index contributed by atoms with van der Waals surface area (Å²) in [7, 11) is -2.63. The van der Waals surface area contributed by atoms with Gasteiger partial charge in [0.15, 0.2) is 0 Å². The van der Waals surface area contributed by atoms with Crippen molar-refractivity contribution in [3.63, 3.8) is 0 Å². The Bertz CT molecular complexity index is 1300. The zero-order chi connectivity index (χ0) is 22.0. The average Bonchev–Trinajstić information content (AvgIpc) is 2.77. The van der Waals surface area contributed by atoms with Gasteiger partial charge < -0.3 is 9.84 Å². The van der Waals surface area contributed by atoms with Crippen molar-refractivity contribution in [1.29, 1.82) is 0 Å². The summed E-state index contributed by atoms with van der Waals surface area (Å²) in [6.07, 6.45) is 5.86. The fourth-order valence-electron chi connectivity index (χ4n) is 3.85. The van der Waals surface area contributed by atoms with Crippen molar-refractivity contribution < 1.29 is 23.1 Å². The number of benzene rings is 2. The van der Waals surface area contributed by atoms with Crippen LogP contribution < -0.4 is 9.46 Å². The molecule has 1 aromatic heterocycles. The Labute approximate surface area is 180 Å². The van der Waals surface area contributed by atoms with Gasteiger partial charge in [-0.25, -0.2) is 13.2 Å². The van der Waals surface area contributed by atoms with Crippen LogP contribution in [0.5, 0.6) is 5.75 Å². The molecule has 2 N–H and O–H groups in total. The maximum atomic E-state index is 13.4. The molecule has 1 heterocycles. The van der Waals surface area contributed by atoms with E-state index in [1.807, 2.05) is 24.3 Å². The third kappa shape index (κ3) is 4.25. The van der Waals surface area contributed by atoms with E-state index in [1.165, 1.54) is 25.3 Å². The van der Waals surface area contributed by atoms with Crippen molar-refractivity contribution in [2.24, 2.45) is 0 Å². The minimum atomic E-state index is -4.03. The molecule has 0 amide bonds. The third-order valence-corrected chi connectivity index (χ3v) is 6.67. The van der Waals surface area contributed by atoms with Gasteiger partial charge in [0.1, 0.15) is 10.6 Å². The third-order valence-electron chi connectivity index (χ3n) is 5.30. The highest BCUT2D eigenvalue weighted by molar-refractivity contribution is 7.92. The predicted octanol–water partition coefficient (Wildman–Crippen LogP) is 4.02. The molecule has 0 bridgehead atoms. The highest BCUT2D eigenvalue weighted by Gasteiger charge is 2.25. The molecule has 31 heavy (non-hydrogen) atoms. The number of methoxy groups -OCH3 is 1. The lowest BCUT2D eigenvalue weighted by atomic mass is 9.93. The number of nitrogens with one attached hydrogen (secondary N) is 1. The number of aryl methyl sites for hydroxylation is 1. The summed E-state index contributed by atoms with van der Waals surface area (Å²) in [4.78, 5) is 15.5. The normalized spacial score (nSPS) is 13.8. The number of hydrogen-bond acceptors (Lipinski definition) is 5. The van der Waals surface area contributed by atoms with Gasteiger partial charge in [0.25, 0.3) is 10.0 Å². The van der Waals surface area contributed by atoms with Crippen LogP contribution in [0.3, 0.4) is 0 Å². The van der Waals surface area contributed by atoms with Crippen LogP contribution >= 0.6 is 0 Å². The number of anilines is 1. The molecule has 0 spiro atoms. The first-order chi connectivity index (χ1) is 14.9. The fourth-order valence-corrected chi connectivity index (χ4v) is 5.17. The Morgan fingerprint density at radius 2 is 1.94 bits per heavy atom. The van der Waals surface area contributed by atoms with Gasteiger partial charge in [-0.3, -0.25) is 9.71 Å². The van der Waals surface area contributed by atoms with Crippen LogP contribution in [0.2, 0.25) is 0 Å². The van der Waals surface area contributed by atoms with Crippen molar-refractivity contribution in [3.8, 4) is 5.75 Å². The molecule has 1 aliphatic rings. The fraction of sp³-hybridized carbons (Fsp3) is 0.217. The van der Waals surface area contributed by atoms with Crippen molar-refractivity contribution in [3.05, 3.63) is 65.4 Å². The first-order valence-electron chi connectivity index (χ1n) is 9.91. The van der Waals surface area contributed by atoms with E-state index in [0.717, 1.165) is 53.9 Å². The maximum absolute atomic E-state index is 13.4. The van der Waals surface area contributed by atoms with Crippen LogP contribution in [-0.4, -0.2) is 31.6 Å². The van der Waals surface area contributed by atoms with E-state index in [0.29, 0.717) is 11.3 Å². The Morgan fingerprint density at radius 3 is 2.71 bits per heavy atom. The summed E-state index contributed by atoms with van der Waals surface area (Å²) in [6, 6.07) is 12.0. The van der Waals surface area contributed by atoms with Gasteiger partial charge in [0.05, 0.1) is 18.3 Å². The summed E-state index contributed by atoms with van der Waals surface area (Å²) in [5.74, 6) is -0.944. The molecule has 4 rings (SSSR count). The van der Waals surface area contributed by atoms with E-state index in [4.69, 9.17) is 14.8 Å². The first kappa shape index (κ1) is 20.9. The van der Waals surface area contributed by atoms with Crippen molar-refractivity contribution >= 4 is 38.7 Å². The minimum Gasteiger partial charge on any atom is -0.495 e. The van der Waals surface area contributed by atoms with Crippen LogP contribution in [0.4, 0.5) is 5.69 Å². The smallest absolute Gasteiger partial charge is 0.328 e. The molecule has 0 unspecified atom stereocenters. The van der Waals surface area contributed by atoms with Gasteiger partial charge in [-0.05, 0) is 61.1 Å².